The van der Waals surface area contributed by atoms with Crippen LogP contribution in [-0.2, 0) is 0 Å². The molecule has 0 bridgehead atoms. The van der Waals surface area contributed by atoms with Gasteiger partial charge in [-0.05, 0) is 37.1 Å². The zero-order valence-corrected chi connectivity index (χ0v) is 14.8. The first kappa shape index (κ1) is 17.8. The number of benzene rings is 1. The molecule has 4 N–H and O–H groups in total. The molecule has 0 aliphatic heterocycles. The maximum absolute atomic E-state index is 12.4. The summed E-state index contributed by atoms with van der Waals surface area (Å²) in [5, 5.41) is 4.48. The predicted molar refractivity (Wildman–Crippen MR) is 102 cm³/mol. The van der Waals surface area contributed by atoms with Gasteiger partial charge in [0.15, 0.2) is 5.96 Å². The topological polar surface area (TPSA) is 104 Å². The highest BCUT2D eigenvalue weighted by atomic mass is 35.5. The van der Waals surface area contributed by atoms with E-state index in [9.17, 15) is 4.79 Å². The Labute approximate surface area is 156 Å². The van der Waals surface area contributed by atoms with Crippen molar-refractivity contribution >= 4 is 24.3 Å². The van der Waals surface area contributed by atoms with E-state index in [4.69, 9.17) is 11.5 Å². The molecule has 1 aromatic carbocycles. The van der Waals surface area contributed by atoms with Crippen LogP contribution in [0.15, 0.2) is 60.0 Å². The second kappa shape index (κ2) is 7.05. The van der Waals surface area contributed by atoms with E-state index in [1.165, 1.54) is 0 Å². The number of aromatic nitrogens is 3. The maximum Gasteiger partial charge on any atom is 0.283 e. The van der Waals surface area contributed by atoms with E-state index >= 15 is 0 Å². The summed E-state index contributed by atoms with van der Waals surface area (Å²) in [6.45, 7) is 0. The van der Waals surface area contributed by atoms with Crippen molar-refractivity contribution in [3.63, 3.8) is 0 Å². The molecule has 0 radical (unpaired) electrons. The molecule has 2 aromatic heterocycles. The lowest BCUT2D eigenvalue weighted by Crippen LogP contribution is -2.24. The number of rotatable bonds is 4. The van der Waals surface area contributed by atoms with E-state index in [1.807, 2.05) is 58.0 Å². The number of nitrogens with two attached hydrogens (primary N) is 2. The normalized spacial score (nSPS) is 13.1. The minimum absolute atomic E-state index is 0. The summed E-state index contributed by atoms with van der Waals surface area (Å²) in [6, 6.07) is 11.9. The molecule has 8 heteroatoms. The van der Waals surface area contributed by atoms with Crippen molar-refractivity contribution in [1.29, 1.82) is 0 Å². The summed E-state index contributed by atoms with van der Waals surface area (Å²) in [7, 11) is 0. The number of halogens is 1. The van der Waals surface area contributed by atoms with Gasteiger partial charge in [0.05, 0.1) is 28.8 Å². The molecular formula is C18H19ClN6O. The number of hydrogen-bond donors (Lipinski definition) is 2. The monoisotopic (exact) mass is 370 g/mol. The quantitative estimate of drug-likeness (QED) is 0.543. The Morgan fingerprint density at radius 1 is 1.08 bits per heavy atom. The van der Waals surface area contributed by atoms with Crippen molar-refractivity contribution in [2.24, 2.45) is 16.5 Å². The Morgan fingerprint density at radius 2 is 1.73 bits per heavy atom. The SMILES string of the molecule is Cl.NC(N)=NC(=O)c1cnn(-c2ccccc2-n2cccc2)c1C1CC1. The van der Waals surface area contributed by atoms with Gasteiger partial charge >= 0.3 is 0 Å². The van der Waals surface area contributed by atoms with E-state index < -0.39 is 5.91 Å². The highest BCUT2D eigenvalue weighted by molar-refractivity contribution is 6.02. The number of guanidine groups is 1. The van der Waals surface area contributed by atoms with Crippen LogP contribution in [0.25, 0.3) is 11.4 Å². The number of carbonyl (C=O) groups is 1. The number of aliphatic imine (C=N–C) groups is 1. The number of nitrogens with zero attached hydrogens (tertiary/aromatic N) is 4. The van der Waals surface area contributed by atoms with Crippen molar-refractivity contribution in [2.45, 2.75) is 18.8 Å². The molecule has 1 amide bonds. The molecule has 2 heterocycles. The van der Waals surface area contributed by atoms with Gasteiger partial charge < -0.3 is 16.0 Å². The van der Waals surface area contributed by atoms with Crippen LogP contribution in [0.1, 0.15) is 34.8 Å². The first-order valence-corrected chi connectivity index (χ1v) is 8.10. The molecule has 1 fully saturated rings. The van der Waals surface area contributed by atoms with Crippen LogP contribution in [0.5, 0.6) is 0 Å². The van der Waals surface area contributed by atoms with Gasteiger partial charge in [0.1, 0.15) is 0 Å². The fourth-order valence-corrected chi connectivity index (χ4v) is 3.00. The van der Waals surface area contributed by atoms with Crippen LogP contribution < -0.4 is 11.5 Å². The fraction of sp³-hybridized carbons (Fsp3) is 0.167. The Kier molecular flexibility index (Phi) is 4.81. The molecule has 4 rings (SSSR count). The molecule has 0 saturated heterocycles. The van der Waals surface area contributed by atoms with Crippen molar-refractivity contribution in [2.75, 3.05) is 0 Å². The summed E-state index contributed by atoms with van der Waals surface area (Å²) in [5.41, 5.74) is 13.9. The molecule has 26 heavy (non-hydrogen) atoms. The van der Waals surface area contributed by atoms with Gasteiger partial charge in [-0.3, -0.25) is 4.79 Å². The van der Waals surface area contributed by atoms with Gasteiger partial charge in [-0.2, -0.15) is 10.1 Å². The van der Waals surface area contributed by atoms with Crippen LogP contribution in [0.4, 0.5) is 0 Å². The smallest absolute Gasteiger partial charge is 0.283 e. The first-order chi connectivity index (χ1) is 12.1. The molecule has 7 nitrogen and oxygen atoms in total. The average Bonchev–Trinajstić information content (AvgIpc) is 3.12. The lowest BCUT2D eigenvalue weighted by molar-refractivity contribution is 0.100. The van der Waals surface area contributed by atoms with E-state index in [0.717, 1.165) is 29.9 Å². The van der Waals surface area contributed by atoms with Crippen LogP contribution >= 0.6 is 12.4 Å². The van der Waals surface area contributed by atoms with Gasteiger partial charge in [-0.25, -0.2) is 4.68 Å². The van der Waals surface area contributed by atoms with E-state index in [-0.39, 0.29) is 18.4 Å². The van der Waals surface area contributed by atoms with Gasteiger partial charge in [0.25, 0.3) is 5.91 Å². The van der Waals surface area contributed by atoms with E-state index in [0.29, 0.717) is 11.5 Å². The standard InChI is InChI=1S/C18H18N6O.ClH/c19-18(20)22-17(25)13-11-21-24(16(13)12-7-8-12)15-6-2-1-5-14(15)23-9-3-4-10-23;/h1-6,9-12H,7-8H2,(H4,19,20,22,25);1H. The molecule has 1 saturated carbocycles. The average molecular weight is 371 g/mol. The molecule has 0 spiro atoms. The Bertz CT molecular complexity index is 952. The Balaban J connectivity index is 0.00000196. The highest BCUT2D eigenvalue weighted by Crippen LogP contribution is 2.43. The number of hydrogen-bond acceptors (Lipinski definition) is 2. The second-order valence-electron chi connectivity index (χ2n) is 6.05. The molecular weight excluding hydrogens is 352 g/mol. The van der Waals surface area contributed by atoms with Crippen molar-refractivity contribution in [1.82, 2.24) is 14.3 Å². The lowest BCUT2D eigenvalue weighted by atomic mass is 10.1. The van der Waals surface area contributed by atoms with E-state index in [1.54, 1.807) is 6.20 Å². The third-order valence-corrected chi connectivity index (χ3v) is 4.22. The van der Waals surface area contributed by atoms with Crippen LogP contribution in [-0.4, -0.2) is 26.2 Å². The second-order valence-corrected chi connectivity index (χ2v) is 6.05. The maximum atomic E-state index is 12.4. The summed E-state index contributed by atoms with van der Waals surface area (Å²) in [5.74, 6) is -0.396. The van der Waals surface area contributed by atoms with Crippen molar-refractivity contribution < 1.29 is 4.79 Å². The van der Waals surface area contributed by atoms with Gasteiger partial charge in [0.2, 0.25) is 0 Å². The molecule has 1 aliphatic carbocycles. The van der Waals surface area contributed by atoms with Crippen LogP contribution in [0.2, 0.25) is 0 Å². The number of amides is 1. The first-order valence-electron chi connectivity index (χ1n) is 8.10. The minimum Gasteiger partial charge on any atom is -0.370 e. The number of carbonyl (C=O) groups excluding carboxylic acids is 1. The van der Waals surface area contributed by atoms with E-state index in [2.05, 4.69) is 10.1 Å². The third-order valence-electron chi connectivity index (χ3n) is 4.22. The highest BCUT2D eigenvalue weighted by Gasteiger charge is 2.33. The van der Waals surface area contributed by atoms with Gasteiger partial charge in [-0.1, -0.05) is 12.1 Å². The lowest BCUT2D eigenvalue weighted by Gasteiger charge is -2.13. The van der Waals surface area contributed by atoms with Crippen molar-refractivity contribution in [3.05, 3.63) is 66.2 Å². The van der Waals surface area contributed by atoms with Crippen LogP contribution in [0, 0.1) is 0 Å². The summed E-state index contributed by atoms with van der Waals surface area (Å²) >= 11 is 0. The van der Waals surface area contributed by atoms with Crippen LogP contribution in [0.3, 0.4) is 0 Å². The molecule has 1 aliphatic rings. The number of para-hydroxylation sites is 2. The molecule has 134 valence electrons. The molecule has 3 aromatic rings. The summed E-state index contributed by atoms with van der Waals surface area (Å²) < 4.78 is 3.85. The van der Waals surface area contributed by atoms with Crippen molar-refractivity contribution in [3.8, 4) is 11.4 Å². The molecule has 0 unspecified atom stereocenters. The predicted octanol–water partition coefficient (Wildman–Crippen LogP) is 2.38. The third kappa shape index (κ3) is 3.21. The summed E-state index contributed by atoms with van der Waals surface area (Å²) in [6.07, 6.45) is 7.56. The zero-order valence-electron chi connectivity index (χ0n) is 13.9. The Hall–Kier alpha value is -3.06. The zero-order chi connectivity index (χ0) is 17.4. The van der Waals surface area contributed by atoms with Gasteiger partial charge in [-0.15, -0.1) is 12.4 Å². The summed E-state index contributed by atoms with van der Waals surface area (Å²) in [4.78, 5) is 16.0. The Morgan fingerprint density at radius 3 is 2.35 bits per heavy atom. The minimum atomic E-state index is -0.452. The van der Waals surface area contributed by atoms with Gasteiger partial charge in [0, 0.05) is 18.3 Å². The molecule has 0 atom stereocenters. The largest absolute Gasteiger partial charge is 0.370 e. The fourth-order valence-electron chi connectivity index (χ4n) is 3.00.